The molecular weight excluding hydrogens is 384 g/mol. The number of halogens is 1. The van der Waals surface area contributed by atoms with Gasteiger partial charge in [-0.25, -0.2) is 0 Å². The Morgan fingerprint density at radius 3 is 2.28 bits per heavy atom. The molecule has 2 aromatic carbocycles. The standard InChI is InChI=1S/C24H29ClN2O2/c1-16-12-17(2)22(18(3)13-16)27-21(28)15-26-23(29)24(10-5-4-6-11-24)19-8-7-9-20(25)14-19/h7-9,12-14H,4-6,10-11,15H2,1-3H3,(H,26,29)(H,27,28). The molecule has 1 aliphatic carbocycles. The van der Waals surface area contributed by atoms with Crippen LogP contribution >= 0.6 is 11.6 Å². The van der Waals surface area contributed by atoms with Crippen molar-refractivity contribution in [2.24, 2.45) is 0 Å². The molecular formula is C24H29ClN2O2. The van der Waals surface area contributed by atoms with Crippen LogP contribution in [0.2, 0.25) is 5.02 Å². The van der Waals surface area contributed by atoms with Crippen LogP contribution in [-0.4, -0.2) is 18.4 Å². The van der Waals surface area contributed by atoms with E-state index in [1.165, 1.54) is 0 Å². The van der Waals surface area contributed by atoms with Crippen LogP contribution in [0.3, 0.4) is 0 Å². The van der Waals surface area contributed by atoms with Crippen molar-refractivity contribution in [3.63, 3.8) is 0 Å². The number of carbonyl (C=O) groups excluding carboxylic acids is 2. The molecule has 2 aromatic rings. The molecule has 0 aromatic heterocycles. The Balaban J connectivity index is 1.72. The van der Waals surface area contributed by atoms with Crippen LogP contribution in [0.1, 0.15) is 54.4 Å². The van der Waals surface area contributed by atoms with Crippen molar-refractivity contribution >= 4 is 29.1 Å². The van der Waals surface area contributed by atoms with Crippen LogP contribution in [-0.2, 0) is 15.0 Å². The molecule has 0 heterocycles. The van der Waals surface area contributed by atoms with E-state index in [1.807, 2.05) is 57.2 Å². The molecule has 0 radical (unpaired) electrons. The lowest BCUT2D eigenvalue weighted by Crippen LogP contribution is -2.47. The summed E-state index contributed by atoms with van der Waals surface area (Å²) in [6, 6.07) is 11.6. The molecule has 0 aliphatic heterocycles. The van der Waals surface area contributed by atoms with Crippen molar-refractivity contribution in [3.8, 4) is 0 Å². The fraction of sp³-hybridized carbons (Fsp3) is 0.417. The van der Waals surface area contributed by atoms with Gasteiger partial charge in [0.05, 0.1) is 12.0 Å². The number of aryl methyl sites for hydroxylation is 3. The molecule has 0 spiro atoms. The smallest absolute Gasteiger partial charge is 0.243 e. The topological polar surface area (TPSA) is 58.2 Å². The van der Waals surface area contributed by atoms with E-state index < -0.39 is 5.41 Å². The summed E-state index contributed by atoms with van der Waals surface area (Å²) < 4.78 is 0. The van der Waals surface area contributed by atoms with E-state index in [9.17, 15) is 9.59 Å². The van der Waals surface area contributed by atoms with Gasteiger partial charge in [0.1, 0.15) is 0 Å². The first-order valence-corrected chi connectivity index (χ1v) is 10.6. The van der Waals surface area contributed by atoms with E-state index in [0.717, 1.165) is 60.0 Å². The molecule has 154 valence electrons. The average Bonchev–Trinajstić information content (AvgIpc) is 2.69. The summed E-state index contributed by atoms with van der Waals surface area (Å²) in [5, 5.41) is 6.47. The first-order chi connectivity index (χ1) is 13.8. The summed E-state index contributed by atoms with van der Waals surface area (Å²) in [5.74, 6) is -0.308. The van der Waals surface area contributed by atoms with Crippen LogP contribution in [0.25, 0.3) is 0 Å². The van der Waals surface area contributed by atoms with E-state index >= 15 is 0 Å². The second-order valence-electron chi connectivity index (χ2n) is 8.16. The SMILES string of the molecule is Cc1cc(C)c(NC(=O)CNC(=O)C2(c3cccc(Cl)c3)CCCCC2)c(C)c1. The van der Waals surface area contributed by atoms with Gasteiger partial charge in [0, 0.05) is 10.7 Å². The normalized spacial score (nSPS) is 15.6. The summed E-state index contributed by atoms with van der Waals surface area (Å²) in [6.07, 6.45) is 4.66. The Kier molecular flexibility index (Phi) is 6.63. The van der Waals surface area contributed by atoms with Crippen LogP contribution < -0.4 is 10.6 Å². The van der Waals surface area contributed by atoms with Crippen LogP contribution in [0.15, 0.2) is 36.4 Å². The highest BCUT2D eigenvalue weighted by molar-refractivity contribution is 6.30. The van der Waals surface area contributed by atoms with E-state index in [4.69, 9.17) is 11.6 Å². The molecule has 2 amide bonds. The Bertz CT molecular complexity index is 894. The van der Waals surface area contributed by atoms with Crippen LogP contribution in [0.4, 0.5) is 5.69 Å². The minimum atomic E-state index is -0.612. The summed E-state index contributed by atoms with van der Waals surface area (Å²) in [6.45, 7) is 5.94. The second kappa shape index (κ2) is 9.00. The lowest BCUT2D eigenvalue weighted by Gasteiger charge is -2.36. The molecule has 2 N–H and O–H groups in total. The van der Waals surface area contributed by atoms with Crippen molar-refractivity contribution in [1.82, 2.24) is 5.32 Å². The fourth-order valence-corrected chi connectivity index (χ4v) is 4.67. The number of hydrogen-bond acceptors (Lipinski definition) is 2. The molecule has 1 fully saturated rings. The Hall–Kier alpha value is -2.33. The lowest BCUT2D eigenvalue weighted by atomic mass is 9.68. The van der Waals surface area contributed by atoms with Crippen molar-refractivity contribution in [3.05, 3.63) is 63.7 Å². The molecule has 0 bridgehead atoms. The second-order valence-corrected chi connectivity index (χ2v) is 8.59. The number of nitrogens with one attached hydrogen (secondary N) is 2. The van der Waals surface area contributed by atoms with Gasteiger partial charge < -0.3 is 10.6 Å². The number of amides is 2. The molecule has 5 heteroatoms. The first kappa shape index (κ1) is 21.4. The summed E-state index contributed by atoms with van der Waals surface area (Å²) in [7, 11) is 0. The van der Waals surface area contributed by atoms with E-state index in [0.29, 0.717) is 5.02 Å². The molecule has 1 aliphatic rings. The third-order valence-corrected chi connectivity index (χ3v) is 6.11. The van der Waals surface area contributed by atoms with Gasteiger partial charge in [-0.05, 0) is 62.4 Å². The predicted molar refractivity (Wildman–Crippen MR) is 119 cm³/mol. The van der Waals surface area contributed by atoms with Crippen LogP contribution in [0, 0.1) is 20.8 Å². The first-order valence-electron chi connectivity index (χ1n) is 10.2. The van der Waals surface area contributed by atoms with Crippen molar-refractivity contribution in [1.29, 1.82) is 0 Å². The highest BCUT2D eigenvalue weighted by Gasteiger charge is 2.41. The van der Waals surface area contributed by atoms with Gasteiger partial charge in [0.2, 0.25) is 11.8 Å². The summed E-state index contributed by atoms with van der Waals surface area (Å²) >= 11 is 6.19. The monoisotopic (exact) mass is 412 g/mol. The number of hydrogen-bond donors (Lipinski definition) is 2. The van der Waals surface area contributed by atoms with Crippen molar-refractivity contribution < 1.29 is 9.59 Å². The molecule has 0 saturated heterocycles. The van der Waals surface area contributed by atoms with Gasteiger partial charge in [-0.15, -0.1) is 0 Å². The van der Waals surface area contributed by atoms with Gasteiger partial charge in [-0.3, -0.25) is 9.59 Å². The van der Waals surface area contributed by atoms with Gasteiger partial charge in [-0.1, -0.05) is 60.7 Å². The number of benzene rings is 2. The minimum Gasteiger partial charge on any atom is -0.346 e. The average molecular weight is 413 g/mol. The van der Waals surface area contributed by atoms with Gasteiger partial charge in [-0.2, -0.15) is 0 Å². The minimum absolute atomic E-state index is 0.0477. The largest absolute Gasteiger partial charge is 0.346 e. The number of rotatable bonds is 5. The maximum absolute atomic E-state index is 13.2. The third-order valence-electron chi connectivity index (χ3n) is 5.87. The van der Waals surface area contributed by atoms with Gasteiger partial charge in [0.15, 0.2) is 0 Å². The maximum atomic E-state index is 13.2. The predicted octanol–water partition coefficient (Wildman–Crippen LogP) is 5.22. The highest BCUT2D eigenvalue weighted by atomic mass is 35.5. The third kappa shape index (κ3) is 4.81. The van der Waals surface area contributed by atoms with Crippen molar-refractivity contribution in [2.75, 3.05) is 11.9 Å². The fourth-order valence-electron chi connectivity index (χ4n) is 4.48. The summed E-state index contributed by atoms with van der Waals surface area (Å²) in [5.41, 5.74) is 4.34. The van der Waals surface area contributed by atoms with Gasteiger partial charge >= 0.3 is 0 Å². The number of anilines is 1. The molecule has 1 saturated carbocycles. The van der Waals surface area contributed by atoms with Crippen molar-refractivity contribution in [2.45, 2.75) is 58.3 Å². The highest BCUT2D eigenvalue weighted by Crippen LogP contribution is 2.40. The Morgan fingerprint density at radius 2 is 1.66 bits per heavy atom. The zero-order chi connectivity index (χ0) is 21.0. The van der Waals surface area contributed by atoms with E-state index in [1.54, 1.807) is 0 Å². The lowest BCUT2D eigenvalue weighted by molar-refractivity contribution is -0.129. The maximum Gasteiger partial charge on any atom is 0.243 e. The molecule has 29 heavy (non-hydrogen) atoms. The molecule has 0 unspecified atom stereocenters. The molecule has 4 nitrogen and oxygen atoms in total. The quantitative estimate of drug-likeness (QED) is 0.707. The molecule has 0 atom stereocenters. The van der Waals surface area contributed by atoms with Gasteiger partial charge in [0.25, 0.3) is 0 Å². The van der Waals surface area contributed by atoms with E-state index in [2.05, 4.69) is 10.6 Å². The Labute approximate surface area is 178 Å². The zero-order valence-corrected chi connectivity index (χ0v) is 18.2. The molecule has 3 rings (SSSR count). The van der Waals surface area contributed by atoms with E-state index in [-0.39, 0.29) is 18.4 Å². The van der Waals surface area contributed by atoms with Crippen LogP contribution in [0.5, 0.6) is 0 Å². The number of carbonyl (C=O) groups is 2. The summed E-state index contributed by atoms with van der Waals surface area (Å²) in [4.78, 5) is 25.8. The Morgan fingerprint density at radius 1 is 1.00 bits per heavy atom. The zero-order valence-electron chi connectivity index (χ0n) is 17.4.